The molecule has 0 radical (unpaired) electrons. The van der Waals surface area contributed by atoms with Crippen molar-refractivity contribution in [3.05, 3.63) is 27.7 Å². The molecule has 80 valence electrons. The Morgan fingerprint density at radius 1 is 1.27 bits per heavy atom. The zero-order valence-corrected chi connectivity index (χ0v) is 10.6. The summed E-state index contributed by atoms with van der Waals surface area (Å²) < 4.78 is 7.37. The number of ether oxygens (including phenoxy) is 1. The lowest BCUT2D eigenvalue weighted by Crippen LogP contribution is -2.45. The fourth-order valence-electron chi connectivity index (χ4n) is 2.56. The van der Waals surface area contributed by atoms with E-state index in [-0.39, 0.29) is 5.60 Å². The van der Waals surface area contributed by atoms with Crippen molar-refractivity contribution >= 4 is 15.9 Å². The first-order chi connectivity index (χ1) is 7.19. The van der Waals surface area contributed by atoms with E-state index in [2.05, 4.69) is 35.0 Å². The number of benzene rings is 1. The molecule has 0 atom stereocenters. The fraction of sp³-hybridized carbons (Fsp3) is 0.538. The van der Waals surface area contributed by atoms with Crippen LogP contribution in [0.1, 0.15) is 36.8 Å². The molecule has 0 N–H and O–H groups in total. The van der Waals surface area contributed by atoms with Crippen LogP contribution < -0.4 is 4.74 Å². The molecule has 1 saturated carbocycles. The van der Waals surface area contributed by atoms with Gasteiger partial charge in [-0.25, -0.2) is 0 Å². The highest BCUT2D eigenvalue weighted by molar-refractivity contribution is 9.10. The van der Waals surface area contributed by atoms with Gasteiger partial charge in [-0.3, -0.25) is 0 Å². The zero-order chi connectivity index (χ0) is 10.5. The largest absolute Gasteiger partial charge is 0.487 e. The molecule has 1 heterocycles. The van der Waals surface area contributed by atoms with Crippen LogP contribution in [0.5, 0.6) is 5.75 Å². The summed E-state index contributed by atoms with van der Waals surface area (Å²) in [6.45, 7) is 2.12. The van der Waals surface area contributed by atoms with Crippen molar-refractivity contribution < 1.29 is 4.74 Å². The van der Waals surface area contributed by atoms with Gasteiger partial charge in [0.05, 0.1) is 0 Å². The molecular weight excluding hydrogens is 252 g/mol. The van der Waals surface area contributed by atoms with Gasteiger partial charge in [0.2, 0.25) is 0 Å². The minimum Gasteiger partial charge on any atom is -0.487 e. The van der Waals surface area contributed by atoms with Crippen molar-refractivity contribution in [2.75, 3.05) is 0 Å². The van der Waals surface area contributed by atoms with Gasteiger partial charge in [0.1, 0.15) is 11.4 Å². The van der Waals surface area contributed by atoms with Crippen LogP contribution >= 0.6 is 15.9 Å². The van der Waals surface area contributed by atoms with Crippen LogP contribution in [0.2, 0.25) is 0 Å². The average Bonchev–Trinajstić information content (AvgIpc) is 2.17. The Hall–Kier alpha value is -0.500. The maximum absolute atomic E-state index is 6.17. The molecule has 1 fully saturated rings. The topological polar surface area (TPSA) is 9.23 Å². The molecule has 0 aromatic heterocycles. The number of aryl methyl sites for hydroxylation is 2. The molecular formula is C13H15BrO. The third kappa shape index (κ3) is 1.50. The van der Waals surface area contributed by atoms with E-state index in [0.717, 1.165) is 5.75 Å². The van der Waals surface area contributed by atoms with Crippen molar-refractivity contribution in [3.63, 3.8) is 0 Å². The Morgan fingerprint density at radius 3 is 2.73 bits per heavy atom. The van der Waals surface area contributed by atoms with Crippen molar-refractivity contribution in [2.45, 2.75) is 44.6 Å². The molecule has 1 spiro atoms. The van der Waals surface area contributed by atoms with E-state index in [1.807, 2.05) is 0 Å². The molecule has 1 aliphatic carbocycles. The Morgan fingerprint density at radius 2 is 2.07 bits per heavy atom. The normalized spacial score (nSPS) is 21.7. The van der Waals surface area contributed by atoms with E-state index >= 15 is 0 Å². The van der Waals surface area contributed by atoms with E-state index < -0.39 is 0 Å². The number of hydrogen-bond acceptors (Lipinski definition) is 1. The van der Waals surface area contributed by atoms with Crippen LogP contribution in [0.25, 0.3) is 0 Å². The molecule has 1 aromatic rings. The van der Waals surface area contributed by atoms with Crippen LogP contribution in [0.3, 0.4) is 0 Å². The minimum atomic E-state index is 0.216. The van der Waals surface area contributed by atoms with Gasteiger partial charge < -0.3 is 4.74 Å². The zero-order valence-electron chi connectivity index (χ0n) is 8.98. The Bertz CT molecular complexity index is 407. The predicted molar refractivity (Wildman–Crippen MR) is 64.4 cm³/mol. The summed E-state index contributed by atoms with van der Waals surface area (Å²) in [6.07, 6.45) is 6.22. The average molecular weight is 267 g/mol. The summed E-state index contributed by atoms with van der Waals surface area (Å²) in [5.74, 6) is 1.13. The quantitative estimate of drug-likeness (QED) is 0.690. The molecule has 1 nitrogen and oxygen atoms in total. The van der Waals surface area contributed by atoms with Gasteiger partial charge in [0.25, 0.3) is 0 Å². The second kappa shape index (κ2) is 3.24. The van der Waals surface area contributed by atoms with Gasteiger partial charge in [0.15, 0.2) is 0 Å². The first-order valence-electron chi connectivity index (χ1n) is 5.67. The molecule has 0 saturated heterocycles. The number of fused-ring (bicyclic) bond motifs is 1. The van der Waals surface area contributed by atoms with Crippen molar-refractivity contribution in [1.29, 1.82) is 0 Å². The molecule has 2 aliphatic rings. The molecule has 0 amide bonds. The molecule has 1 aromatic carbocycles. The van der Waals surface area contributed by atoms with E-state index in [1.54, 1.807) is 0 Å². The maximum Gasteiger partial charge on any atom is 0.123 e. The first kappa shape index (κ1) is 9.71. The predicted octanol–water partition coefficient (Wildman–Crippen LogP) is 4.01. The lowest BCUT2D eigenvalue weighted by Gasteiger charge is -2.45. The van der Waals surface area contributed by atoms with Crippen molar-refractivity contribution in [2.24, 2.45) is 0 Å². The Labute approximate surface area is 99.0 Å². The van der Waals surface area contributed by atoms with Crippen LogP contribution in [0.15, 0.2) is 16.6 Å². The number of hydrogen-bond donors (Lipinski definition) is 0. The summed E-state index contributed by atoms with van der Waals surface area (Å²) in [5, 5.41) is 0. The van der Waals surface area contributed by atoms with Gasteiger partial charge >= 0.3 is 0 Å². The number of halogens is 1. The molecule has 0 unspecified atom stereocenters. The molecule has 3 rings (SSSR count). The number of rotatable bonds is 0. The van der Waals surface area contributed by atoms with E-state index in [1.165, 1.54) is 47.7 Å². The van der Waals surface area contributed by atoms with Gasteiger partial charge in [-0.1, -0.05) is 15.9 Å². The van der Waals surface area contributed by atoms with E-state index in [4.69, 9.17) is 4.74 Å². The van der Waals surface area contributed by atoms with Gasteiger partial charge in [-0.05, 0) is 62.3 Å². The Kier molecular flexibility index (Phi) is 2.10. The highest BCUT2D eigenvalue weighted by Crippen LogP contribution is 2.45. The third-order valence-corrected chi connectivity index (χ3v) is 4.64. The summed E-state index contributed by atoms with van der Waals surface area (Å²) in [4.78, 5) is 0. The third-order valence-electron chi connectivity index (χ3n) is 3.78. The minimum absolute atomic E-state index is 0.216. The van der Waals surface area contributed by atoms with Crippen LogP contribution in [0.4, 0.5) is 0 Å². The van der Waals surface area contributed by atoms with Gasteiger partial charge in [-0.15, -0.1) is 0 Å². The molecule has 15 heavy (non-hydrogen) atoms. The van der Waals surface area contributed by atoms with Crippen LogP contribution in [-0.2, 0) is 6.42 Å². The second-order valence-electron chi connectivity index (χ2n) is 4.85. The molecule has 1 aliphatic heterocycles. The smallest absolute Gasteiger partial charge is 0.123 e. The molecule has 2 heteroatoms. The first-order valence-corrected chi connectivity index (χ1v) is 6.46. The SMILES string of the molecule is Cc1cc2c(cc1Br)CCC1(CCC1)O2. The summed E-state index contributed by atoms with van der Waals surface area (Å²) >= 11 is 3.58. The van der Waals surface area contributed by atoms with E-state index in [0.29, 0.717) is 0 Å². The Balaban J connectivity index is 1.98. The van der Waals surface area contributed by atoms with Crippen LogP contribution in [0, 0.1) is 6.92 Å². The standard InChI is InChI=1S/C13H15BrO/c1-9-7-12-10(8-11(9)14)3-6-13(15-12)4-2-5-13/h7-8H,2-6H2,1H3. The highest BCUT2D eigenvalue weighted by atomic mass is 79.9. The monoisotopic (exact) mass is 266 g/mol. The molecule has 0 bridgehead atoms. The van der Waals surface area contributed by atoms with Crippen molar-refractivity contribution in [1.82, 2.24) is 0 Å². The maximum atomic E-state index is 6.17. The second-order valence-corrected chi connectivity index (χ2v) is 5.70. The van der Waals surface area contributed by atoms with Crippen LogP contribution in [-0.4, -0.2) is 5.60 Å². The lowest BCUT2D eigenvalue weighted by atomic mass is 9.74. The highest BCUT2D eigenvalue weighted by Gasteiger charge is 2.41. The summed E-state index contributed by atoms with van der Waals surface area (Å²) in [5.41, 5.74) is 2.85. The summed E-state index contributed by atoms with van der Waals surface area (Å²) in [6, 6.07) is 4.40. The van der Waals surface area contributed by atoms with E-state index in [9.17, 15) is 0 Å². The van der Waals surface area contributed by atoms with Gasteiger partial charge in [0, 0.05) is 4.47 Å². The summed E-state index contributed by atoms with van der Waals surface area (Å²) in [7, 11) is 0. The van der Waals surface area contributed by atoms with Crippen molar-refractivity contribution in [3.8, 4) is 5.75 Å². The lowest BCUT2D eigenvalue weighted by molar-refractivity contribution is -0.0250. The van der Waals surface area contributed by atoms with Gasteiger partial charge in [-0.2, -0.15) is 0 Å². The fourth-order valence-corrected chi connectivity index (χ4v) is 2.95.